The number of alkyl halides is 3. The molecule has 0 bridgehead atoms. The molecule has 0 atom stereocenters. The van der Waals surface area contributed by atoms with Gasteiger partial charge in [0.25, 0.3) is 0 Å². The molecular formula is C16H12F3NO. The topological polar surface area (TPSA) is 33.0 Å². The highest BCUT2D eigenvalue weighted by molar-refractivity contribution is 5.29. The first-order valence-electron chi connectivity index (χ1n) is 6.24. The van der Waals surface area contributed by atoms with Crippen molar-refractivity contribution in [1.29, 1.82) is 5.26 Å². The Bertz CT molecular complexity index is 625. The molecule has 2 aromatic carbocycles. The van der Waals surface area contributed by atoms with Gasteiger partial charge in [-0.15, -0.1) is 0 Å². The third-order valence-corrected chi connectivity index (χ3v) is 2.89. The summed E-state index contributed by atoms with van der Waals surface area (Å²) in [7, 11) is 0. The molecule has 0 aliphatic carbocycles. The van der Waals surface area contributed by atoms with Crippen molar-refractivity contribution in [3.8, 4) is 11.8 Å². The van der Waals surface area contributed by atoms with Crippen molar-refractivity contribution < 1.29 is 17.9 Å². The summed E-state index contributed by atoms with van der Waals surface area (Å²) >= 11 is 0. The van der Waals surface area contributed by atoms with Crippen molar-refractivity contribution in [2.75, 3.05) is 0 Å². The van der Waals surface area contributed by atoms with Crippen molar-refractivity contribution >= 4 is 0 Å². The summed E-state index contributed by atoms with van der Waals surface area (Å²) in [5.74, 6) is 0.608. The number of hydrogen-bond acceptors (Lipinski definition) is 2. The van der Waals surface area contributed by atoms with Crippen molar-refractivity contribution in [1.82, 2.24) is 0 Å². The standard InChI is InChI=1S/C16H12F3NO/c17-16(18,19)14-5-1-13(2-6-14)11-21-15-7-3-12(4-8-15)9-10-20/h1-8H,9,11H2. The van der Waals surface area contributed by atoms with Crippen LogP contribution in [0.25, 0.3) is 0 Å². The molecule has 2 rings (SSSR count). The second-order valence-electron chi connectivity index (χ2n) is 4.46. The van der Waals surface area contributed by atoms with Crippen molar-refractivity contribution in [3.05, 3.63) is 65.2 Å². The fraction of sp³-hybridized carbons (Fsp3) is 0.188. The predicted molar refractivity (Wildman–Crippen MR) is 71.5 cm³/mol. The Morgan fingerprint density at radius 1 is 0.905 bits per heavy atom. The van der Waals surface area contributed by atoms with Gasteiger partial charge in [0.2, 0.25) is 0 Å². The Morgan fingerprint density at radius 3 is 2.00 bits per heavy atom. The van der Waals surface area contributed by atoms with Gasteiger partial charge >= 0.3 is 6.18 Å². The lowest BCUT2D eigenvalue weighted by molar-refractivity contribution is -0.137. The molecule has 0 spiro atoms. The number of nitrogens with zero attached hydrogens (tertiary/aromatic N) is 1. The minimum atomic E-state index is -4.32. The largest absolute Gasteiger partial charge is 0.489 e. The van der Waals surface area contributed by atoms with Crippen LogP contribution < -0.4 is 4.74 Å². The number of nitriles is 1. The van der Waals surface area contributed by atoms with E-state index >= 15 is 0 Å². The molecule has 0 aliphatic heterocycles. The maximum Gasteiger partial charge on any atom is 0.416 e. The van der Waals surface area contributed by atoms with Crippen LogP contribution in [-0.2, 0) is 19.2 Å². The van der Waals surface area contributed by atoms with E-state index in [1.807, 2.05) is 6.07 Å². The van der Waals surface area contributed by atoms with Crippen LogP contribution >= 0.6 is 0 Å². The molecule has 2 nitrogen and oxygen atoms in total. The zero-order valence-corrected chi connectivity index (χ0v) is 11.0. The number of halogens is 3. The molecule has 0 radical (unpaired) electrons. The van der Waals surface area contributed by atoms with E-state index < -0.39 is 11.7 Å². The van der Waals surface area contributed by atoms with Crippen LogP contribution in [0.15, 0.2) is 48.5 Å². The molecule has 0 N–H and O–H groups in total. The molecule has 2 aromatic rings. The summed E-state index contributed by atoms with van der Waals surface area (Å²) in [6.45, 7) is 0.190. The van der Waals surface area contributed by atoms with E-state index in [9.17, 15) is 13.2 Å². The lowest BCUT2D eigenvalue weighted by atomic mass is 10.1. The zero-order chi connectivity index (χ0) is 15.3. The first kappa shape index (κ1) is 14.9. The van der Waals surface area contributed by atoms with Crippen LogP contribution in [0.4, 0.5) is 13.2 Å². The normalized spacial score (nSPS) is 11.0. The number of ether oxygens (including phenoxy) is 1. The Labute approximate surface area is 120 Å². The second kappa shape index (κ2) is 6.31. The maximum absolute atomic E-state index is 12.4. The van der Waals surface area contributed by atoms with Gasteiger partial charge in [0, 0.05) is 0 Å². The molecule has 0 amide bonds. The van der Waals surface area contributed by atoms with Crippen LogP contribution in [0.3, 0.4) is 0 Å². The minimum absolute atomic E-state index is 0.190. The summed E-state index contributed by atoms with van der Waals surface area (Å²) in [6.07, 6.45) is -3.99. The average molecular weight is 291 g/mol. The minimum Gasteiger partial charge on any atom is -0.489 e. The first-order valence-corrected chi connectivity index (χ1v) is 6.24. The number of hydrogen-bond donors (Lipinski definition) is 0. The average Bonchev–Trinajstić information content (AvgIpc) is 2.46. The third kappa shape index (κ3) is 4.25. The molecule has 21 heavy (non-hydrogen) atoms. The van der Waals surface area contributed by atoms with E-state index in [-0.39, 0.29) is 6.61 Å². The van der Waals surface area contributed by atoms with Gasteiger partial charge in [0.1, 0.15) is 12.4 Å². The van der Waals surface area contributed by atoms with E-state index in [4.69, 9.17) is 10.00 Å². The second-order valence-corrected chi connectivity index (χ2v) is 4.46. The molecule has 108 valence electrons. The van der Waals surface area contributed by atoms with Crippen molar-refractivity contribution in [3.63, 3.8) is 0 Å². The summed E-state index contributed by atoms with van der Waals surface area (Å²) in [5, 5.41) is 8.56. The molecule has 0 fully saturated rings. The molecule has 0 saturated carbocycles. The Hall–Kier alpha value is -2.48. The Balaban J connectivity index is 1.95. The van der Waals surface area contributed by atoms with Gasteiger partial charge in [0.15, 0.2) is 0 Å². The van der Waals surface area contributed by atoms with Gasteiger partial charge in [-0.2, -0.15) is 18.4 Å². The molecule has 5 heteroatoms. The van der Waals surface area contributed by atoms with Crippen molar-refractivity contribution in [2.45, 2.75) is 19.2 Å². The summed E-state index contributed by atoms with van der Waals surface area (Å²) in [6, 6.07) is 13.9. The van der Waals surface area contributed by atoms with Gasteiger partial charge in [-0.1, -0.05) is 24.3 Å². The van der Waals surface area contributed by atoms with Crippen LogP contribution in [0.2, 0.25) is 0 Å². The highest BCUT2D eigenvalue weighted by Gasteiger charge is 2.29. The van der Waals surface area contributed by atoms with E-state index in [0.29, 0.717) is 17.7 Å². The van der Waals surface area contributed by atoms with Gasteiger partial charge in [-0.25, -0.2) is 0 Å². The highest BCUT2D eigenvalue weighted by atomic mass is 19.4. The predicted octanol–water partition coefficient (Wildman–Crippen LogP) is 4.35. The molecule has 0 aromatic heterocycles. The van der Waals surface area contributed by atoms with Crippen LogP contribution in [-0.4, -0.2) is 0 Å². The smallest absolute Gasteiger partial charge is 0.416 e. The number of benzene rings is 2. The Kier molecular flexibility index (Phi) is 4.49. The lowest BCUT2D eigenvalue weighted by Crippen LogP contribution is -2.05. The lowest BCUT2D eigenvalue weighted by Gasteiger charge is -2.09. The summed E-state index contributed by atoms with van der Waals surface area (Å²) < 4.78 is 42.7. The van der Waals surface area contributed by atoms with E-state index in [1.54, 1.807) is 24.3 Å². The molecule has 0 aliphatic rings. The van der Waals surface area contributed by atoms with Gasteiger partial charge < -0.3 is 4.74 Å². The quantitative estimate of drug-likeness (QED) is 0.839. The summed E-state index contributed by atoms with van der Waals surface area (Å²) in [4.78, 5) is 0. The first-order chi connectivity index (χ1) is 9.99. The van der Waals surface area contributed by atoms with E-state index in [1.165, 1.54) is 12.1 Å². The van der Waals surface area contributed by atoms with E-state index in [2.05, 4.69) is 0 Å². The number of rotatable bonds is 4. The molecular weight excluding hydrogens is 279 g/mol. The van der Waals surface area contributed by atoms with Gasteiger partial charge in [-0.3, -0.25) is 0 Å². The van der Waals surface area contributed by atoms with Crippen LogP contribution in [0.1, 0.15) is 16.7 Å². The van der Waals surface area contributed by atoms with Crippen LogP contribution in [0.5, 0.6) is 5.75 Å². The summed E-state index contributed by atoms with van der Waals surface area (Å²) in [5.41, 5.74) is 0.871. The molecule has 0 saturated heterocycles. The fourth-order valence-corrected chi connectivity index (χ4v) is 1.75. The molecule has 0 unspecified atom stereocenters. The Morgan fingerprint density at radius 2 is 1.48 bits per heavy atom. The maximum atomic E-state index is 12.4. The fourth-order valence-electron chi connectivity index (χ4n) is 1.75. The third-order valence-electron chi connectivity index (χ3n) is 2.89. The van der Waals surface area contributed by atoms with Crippen molar-refractivity contribution in [2.24, 2.45) is 0 Å². The van der Waals surface area contributed by atoms with E-state index in [0.717, 1.165) is 17.7 Å². The zero-order valence-electron chi connectivity index (χ0n) is 11.0. The monoisotopic (exact) mass is 291 g/mol. The molecule has 0 heterocycles. The van der Waals surface area contributed by atoms with Gasteiger partial charge in [0.05, 0.1) is 18.1 Å². The SMILES string of the molecule is N#CCc1ccc(OCc2ccc(C(F)(F)F)cc2)cc1. The highest BCUT2D eigenvalue weighted by Crippen LogP contribution is 2.29. The van der Waals surface area contributed by atoms with Crippen LogP contribution in [0, 0.1) is 11.3 Å². The van der Waals surface area contributed by atoms with Gasteiger partial charge in [-0.05, 0) is 35.4 Å².